The fraction of sp³-hybridized carbons (Fsp3) is 0.158. The van der Waals surface area contributed by atoms with E-state index in [-0.39, 0.29) is 11.6 Å². The summed E-state index contributed by atoms with van der Waals surface area (Å²) >= 11 is 1.36. The first-order valence-corrected chi connectivity index (χ1v) is 8.95. The largest absolute Gasteiger partial charge is 0.465 e. The van der Waals surface area contributed by atoms with Crippen molar-refractivity contribution in [2.75, 3.05) is 17.7 Å². The summed E-state index contributed by atoms with van der Waals surface area (Å²) in [5.74, 6) is -0.748. The first-order chi connectivity index (χ1) is 13.0. The van der Waals surface area contributed by atoms with Gasteiger partial charge in [-0.3, -0.25) is 9.78 Å². The standard InChI is InChI=1S/C19H18N4O3S/c1-11-9-15(7-8-20-11)22-17(24)16-18(27-12(2)21-16)23-14-6-4-5-13(10-14)19(25)26-3/h4-10,23H,1-3H3,(H,20,22,24). The Bertz CT molecular complexity index is 1000. The summed E-state index contributed by atoms with van der Waals surface area (Å²) < 4.78 is 4.74. The molecule has 0 unspecified atom stereocenters. The molecular formula is C19H18N4O3S. The van der Waals surface area contributed by atoms with Gasteiger partial charge in [-0.05, 0) is 44.2 Å². The smallest absolute Gasteiger partial charge is 0.337 e. The van der Waals surface area contributed by atoms with Gasteiger partial charge < -0.3 is 15.4 Å². The van der Waals surface area contributed by atoms with Gasteiger partial charge >= 0.3 is 5.97 Å². The van der Waals surface area contributed by atoms with Gasteiger partial charge in [0.2, 0.25) is 0 Å². The van der Waals surface area contributed by atoms with Crippen LogP contribution in [0.2, 0.25) is 0 Å². The normalized spacial score (nSPS) is 10.3. The second kappa shape index (κ2) is 7.96. The molecule has 3 aromatic rings. The molecular weight excluding hydrogens is 364 g/mol. The highest BCUT2D eigenvalue weighted by molar-refractivity contribution is 7.16. The molecule has 0 bridgehead atoms. The lowest BCUT2D eigenvalue weighted by atomic mass is 10.2. The molecule has 27 heavy (non-hydrogen) atoms. The quantitative estimate of drug-likeness (QED) is 0.649. The summed E-state index contributed by atoms with van der Waals surface area (Å²) in [7, 11) is 1.33. The maximum Gasteiger partial charge on any atom is 0.337 e. The molecule has 2 N–H and O–H groups in total. The summed E-state index contributed by atoms with van der Waals surface area (Å²) in [5.41, 5.74) is 2.82. The zero-order valence-corrected chi connectivity index (χ0v) is 15.9. The number of aryl methyl sites for hydroxylation is 2. The van der Waals surface area contributed by atoms with E-state index >= 15 is 0 Å². The maximum atomic E-state index is 12.7. The van der Waals surface area contributed by atoms with Gasteiger partial charge in [-0.25, -0.2) is 9.78 Å². The SMILES string of the molecule is COC(=O)c1cccc(Nc2sc(C)nc2C(=O)Nc2ccnc(C)c2)c1. The van der Waals surface area contributed by atoms with Crippen molar-refractivity contribution in [2.45, 2.75) is 13.8 Å². The highest BCUT2D eigenvalue weighted by Crippen LogP contribution is 2.29. The maximum absolute atomic E-state index is 12.7. The number of anilines is 3. The molecule has 0 radical (unpaired) electrons. The number of hydrogen-bond donors (Lipinski definition) is 2. The molecule has 3 rings (SSSR count). The van der Waals surface area contributed by atoms with E-state index < -0.39 is 5.97 Å². The molecule has 0 aliphatic heterocycles. The highest BCUT2D eigenvalue weighted by Gasteiger charge is 2.18. The molecule has 0 saturated carbocycles. The number of carbonyl (C=O) groups excluding carboxylic acids is 2. The number of methoxy groups -OCH3 is 1. The fourth-order valence-electron chi connectivity index (χ4n) is 2.45. The van der Waals surface area contributed by atoms with Gasteiger partial charge in [0.1, 0.15) is 5.00 Å². The van der Waals surface area contributed by atoms with Crippen LogP contribution in [-0.2, 0) is 4.74 Å². The number of aromatic nitrogens is 2. The van der Waals surface area contributed by atoms with E-state index in [0.717, 1.165) is 10.7 Å². The molecule has 0 spiro atoms. The molecule has 0 saturated heterocycles. The van der Waals surface area contributed by atoms with Crippen molar-refractivity contribution in [3.63, 3.8) is 0 Å². The van der Waals surface area contributed by atoms with Gasteiger partial charge in [0.25, 0.3) is 5.91 Å². The second-order valence-corrected chi connectivity index (χ2v) is 6.95. The van der Waals surface area contributed by atoms with Crippen LogP contribution in [0.3, 0.4) is 0 Å². The average Bonchev–Trinajstić information content (AvgIpc) is 3.01. The Morgan fingerprint density at radius 1 is 1.11 bits per heavy atom. The van der Waals surface area contributed by atoms with Gasteiger partial charge in [-0.2, -0.15) is 0 Å². The van der Waals surface area contributed by atoms with Crippen molar-refractivity contribution in [2.24, 2.45) is 0 Å². The fourth-order valence-corrected chi connectivity index (χ4v) is 3.29. The summed E-state index contributed by atoms with van der Waals surface area (Å²) in [6.07, 6.45) is 1.63. The van der Waals surface area contributed by atoms with E-state index in [2.05, 4.69) is 20.6 Å². The first kappa shape index (κ1) is 18.5. The van der Waals surface area contributed by atoms with Gasteiger partial charge in [0.05, 0.1) is 17.7 Å². The van der Waals surface area contributed by atoms with Crippen LogP contribution < -0.4 is 10.6 Å². The van der Waals surface area contributed by atoms with E-state index in [9.17, 15) is 9.59 Å². The third-order valence-electron chi connectivity index (χ3n) is 3.65. The number of esters is 1. The Balaban J connectivity index is 1.84. The Morgan fingerprint density at radius 3 is 2.67 bits per heavy atom. The van der Waals surface area contributed by atoms with Crippen molar-refractivity contribution in [3.05, 3.63) is 64.6 Å². The molecule has 0 aliphatic rings. The lowest BCUT2D eigenvalue weighted by Gasteiger charge is -2.08. The number of amides is 1. The summed E-state index contributed by atoms with van der Waals surface area (Å²) in [6, 6.07) is 10.4. The van der Waals surface area contributed by atoms with E-state index in [1.165, 1.54) is 18.4 Å². The molecule has 8 heteroatoms. The van der Waals surface area contributed by atoms with Gasteiger partial charge in [0.15, 0.2) is 5.69 Å². The van der Waals surface area contributed by atoms with Crippen LogP contribution >= 0.6 is 11.3 Å². The summed E-state index contributed by atoms with van der Waals surface area (Å²) in [5, 5.41) is 7.34. The van der Waals surface area contributed by atoms with Crippen molar-refractivity contribution < 1.29 is 14.3 Å². The number of thiazole rings is 1. The first-order valence-electron chi connectivity index (χ1n) is 8.13. The van der Waals surface area contributed by atoms with Crippen molar-refractivity contribution in [1.82, 2.24) is 9.97 Å². The Hall–Kier alpha value is -3.26. The molecule has 0 aliphatic carbocycles. The molecule has 2 aromatic heterocycles. The lowest BCUT2D eigenvalue weighted by Crippen LogP contribution is -2.14. The second-order valence-electron chi connectivity index (χ2n) is 5.75. The van der Waals surface area contributed by atoms with Crippen LogP contribution in [0.1, 0.15) is 31.5 Å². The molecule has 1 aromatic carbocycles. The summed E-state index contributed by atoms with van der Waals surface area (Å²) in [4.78, 5) is 32.8. The third kappa shape index (κ3) is 4.48. The van der Waals surface area contributed by atoms with Crippen LogP contribution in [0.4, 0.5) is 16.4 Å². The molecule has 0 atom stereocenters. The summed E-state index contributed by atoms with van der Waals surface area (Å²) in [6.45, 7) is 3.68. The minimum absolute atomic E-state index is 0.287. The van der Waals surface area contributed by atoms with E-state index in [1.807, 2.05) is 13.8 Å². The molecule has 0 fully saturated rings. The monoisotopic (exact) mass is 382 g/mol. The van der Waals surface area contributed by atoms with E-state index in [4.69, 9.17) is 4.74 Å². The predicted octanol–water partition coefficient (Wildman–Crippen LogP) is 3.94. The zero-order chi connectivity index (χ0) is 19.4. The highest BCUT2D eigenvalue weighted by atomic mass is 32.1. The molecule has 1 amide bonds. The van der Waals surface area contributed by atoms with Gasteiger partial charge in [-0.1, -0.05) is 6.07 Å². The Morgan fingerprint density at radius 2 is 1.93 bits per heavy atom. The lowest BCUT2D eigenvalue weighted by molar-refractivity contribution is 0.0600. The van der Waals surface area contributed by atoms with Crippen LogP contribution in [0.5, 0.6) is 0 Å². The van der Waals surface area contributed by atoms with Crippen molar-refractivity contribution in [3.8, 4) is 0 Å². The minimum Gasteiger partial charge on any atom is -0.465 e. The number of carbonyl (C=O) groups is 2. The molecule has 2 heterocycles. The predicted molar refractivity (Wildman–Crippen MR) is 105 cm³/mol. The zero-order valence-electron chi connectivity index (χ0n) is 15.1. The number of nitrogens with zero attached hydrogens (tertiary/aromatic N) is 2. The van der Waals surface area contributed by atoms with Crippen LogP contribution in [-0.4, -0.2) is 29.0 Å². The minimum atomic E-state index is -0.426. The number of hydrogen-bond acceptors (Lipinski definition) is 7. The van der Waals surface area contributed by atoms with Gasteiger partial charge in [-0.15, -0.1) is 11.3 Å². The number of pyridine rings is 1. The topological polar surface area (TPSA) is 93.2 Å². The van der Waals surface area contributed by atoms with Crippen LogP contribution in [0, 0.1) is 13.8 Å². The van der Waals surface area contributed by atoms with Crippen molar-refractivity contribution >= 4 is 39.6 Å². The number of benzene rings is 1. The number of nitrogens with one attached hydrogen (secondary N) is 2. The van der Waals surface area contributed by atoms with Gasteiger partial charge in [0, 0.05) is 23.3 Å². The van der Waals surface area contributed by atoms with Crippen LogP contribution in [0.25, 0.3) is 0 Å². The van der Waals surface area contributed by atoms with E-state index in [1.54, 1.807) is 42.6 Å². The van der Waals surface area contributed by atoms with Crippen LogP contribution in [0.15, 0.2) is 42.6 Å². The molecule has 7 nitrogen and oxygen atoms in total. The Labute approximate surface area is 160 Å². The molecule has 138 valence electrons. The Kier molecular flexibility index (Phi) is 5.46. The average molecular weight is 382 g/mol. The van der Waals surface area contributed by atoms with E-state index in [0.29, 0.717) is 21.9 Å². The number of ether oxygens (including phenoxy) is 1. The number of rotatable bonds is 5. The van der Waals surface area contributed by atoms with Crippen molar-refractivity contribution in [1.29, 1.82) is 0 Å². The third-order valence-corrected chi connectivity index (χ3v) is 4.53.